The van der Waals surface area contributed by atoms with Crippen LogP contribution in [0.4, 0.5) is 15.8 Å². The lowest BCUT2D eigenvalue weighted by atomic mass is 9.91. The number of rotatable bonds is 4. The molecule has 1 saturated heterocycles. The highest BCUT2D eigenvalue weighted by Crippen LogP contribution is 2.36. The second-order valence-corrected chi connectivity index (χ2v) is 7.82. The Morgan fingerprint density at radius 3 is 2.83 bits per heavy atom. The predicted octanol–water partition coefficient (Wildman–Crippen LogP) is 3.95. The lowest BCUT2D eigenvalue weighted by molar-refractivity contribution is -0.122. The number of nitrogens with one attached hydrogen (secondary N) is 1. The zero-order valence-electron chi connectivity index (χ0n) is 16.3. The van der Waals surface area contributed by atoms with Gasteiger partial charge in [-0.15, -0.1) is 0 Å². The first-order valence-corrected chi connectivity index (χ1v) is 10.0. The molecular weight excluding hydrogens is 371 g/mol. The molecule has 2 aliphatic rings. The molecule has 0 radical (unpaired) electrons. The Morgan fingerprint density at radius 2 is 2.03 bits per heavy atom. The van der Waals surface area contributed by atoms with Crippen molar-refractivity contribution in [2.24, 2.45) is 0 Å². The zero-order chi connectivity index (χ0) is 20.0. The lowest BCUT2D eigenvalue weighted by Gasteiger charge is -2.40. The molecule has 3 heterocycles. The number of aromatic nitrogens is 1. The number of carbonyl (C=O) groups is 1. The normalized spacial score (nSPS) is 18.6. The van der Waals surface area contributed by atoms with E-state index in [0.717, 1.165) is 48.4 Å². The minimum atomic E-state index is -0.293. The minimum absolute atomic E-state index is 0.135. The third kappa shape index (κ3) is 3.15. The molecule has 2 aliphatic heterocycles. The van der Waals surface area contributed by atoms with Crippen LogP contribution in [0.1, 0.15) is 31.4 Å². The quantitative estimate of drug-likeness (QED) is 0.723. The number of carbonyl (C=O) groups excluding carboxylic acids is 1. The molecule has 1 aromatic heterocycles. The first kappa shape index (κ1) is 18.1. The van der Waals surface area contributed by atoms with Crippen LogP contribution in [0.25, 0.3) is 11.0 Å². The molecule has 1 N–H and O–H groups in total. The number of nitrogens with zero attached hydrogens (tertiary/aromatic N) is 3. The summed E-state index contributed by atoms with van der Waals surface area (Å²) in [7, 11) is 0. The van der Waals surface area contributed by atoms with Gasteiger partial charge in [-0.2, -0.15) is 0 Å². The van der Waals surface area contributed by atoms with Crippen molar-refractivity contribution in [3.8, 4) is 0 Å². The summed E-state index contributed by atoms with van der Waals surface area (Å²) in [4.78, 5) is 17.0. The molecule has 7 heteroatoms. The van der Waals surface area contributed by atoms with Crippen molar-refractivity contribution in [3.05, 3.63) is 54.0 Å². The van der Waals surface area contributed by atoms with E-state index in [4.69, 9.17) is 4.52 Å². The average Bonchev–Trinajstić information content (AvgIpc) is 3.33. The van der Waals surface area contributed by atoms with Gasteiger partial charge in [0.1, 0.15) is 12.0 Å². The molecule has 0 spiro atoms. The van der Waals surface area contributed by atoms with Crippen LogP contribution >= 0.6 is 0 Å². The molecule has 6 nitrogen and oxygen atoms in total. The maximum absolute atomic E-state index is 13.7. The topological polar surface area (TPSA) is 61.6 Å². The van der Waals surface area contributed by atoms with Crippen molar-refractivity contribution in [1.82, 2.24) is 10.1 Å². The van der Waals surface area contributed by atoms with Crippen LogP contribution in [0.2, 0.25) is 0 Å². The van der Waals surface area contributed by atoms with Crippen molar-refractivity contribution >= 4 is 28.1 Å². The number of fused-ring (bicyclic) bond motifs is 2. The summed E-state index contributed by atoms with van der Waals surface area (Å²) < 4.78 is 19.1. The molecule has 0 amide bonds. The molecule has 2 aromatic carbocycles. The number of hydrogen-bond donors (Lipinski definition) is 1. The van der Waals surface area contributed by atoms with Gasteiger partial charge in [0.25, 0.3) is 0 Å². The van der Waals surface area contributed by atoms with Gasteiger partial charge in [0.15, 0.2) is 11.4 Å². The van der Waals surface area contributed by atoms with Gasteiger partial charge in [-0.3, -0.25) is 9.69 Å². The minimum Gasteiger partial charge on any atom is -0.366 e. The molecule has 0 aliphatic carbocycles. The summed E-state index contributed by atoms with van der Waals surface area (Å²) in [6.07, 6.45) is 1.41. The fourth-order valence-electron chi connectivity index (χ4n) is 4.66. The summed E-state index contributed by atoms with van der Waals surface area (Å²) >= 11 is 0. The second kappa shape index (κ2) is 7.15. The van der Waals surface area contributed by atoms with Gasteiger partial charge in [-0.1, -0.05) is 17.3 Å². The average molecular weight is 394 g/mol. The van der Waals surface area contributed by atoms with Gasteiger partial charge in [-0.25, -0.2) is 4.39 Å². The van der Waals surface area contributed by atoms with E-state index >= 15 is 0 Å². The van der Waals surface area contributed by atoms with Crippen LogP contribution in [-0.4, -0.2) is 41.8 Å². The van der Waals surface area contributed by atoms with Crippen molar-refractivity contribution in [1.29, 1.82) is 0 Å². The molecular formula is C22H23FN4O2. The summed E-state index contributed by atoms with van der Waals surface area (Å²) in [6.45, 7) is 3.83. The third-order valence-corrected chi connectivity index (χ3v) is 6.03. The standard InChI is InChI=1S/C22H23FN4O2/c1-14(28)22(27-13-24-18-4-2-3-5-19(18)27)26-10-8-15(9-11-26)21-17-12-16(23)6-7-20(17)29-25-21/h2-7,12,15,22,24H,8-11,13H2,1H3. The molecule has 1 atom stereocenters. The highest BCUT2D eigenvalue weighted by molar-refractivity contribution is 5.88. The number of likely N-dealkylation sites (tertiary alicyclic amines) is 1. The Kier molecular flexibility index (Phi) is 4.47. The summed E-state index contributed by atoms with van der Waals surface area (Å²) in [6, 6.07) is 12.6. The maximum atomic E-state index is 13.7. The van der Waals surface area contributed by atoms with Gasteiger partial charge >= 0.3 is 0 Å². The third-order valence-electron chi connectivity index (χ3n) is 6.03. The van der Waals surface area contributed by atoms with Gasteiger partial charge in [-0.05, 0) is 50.1 Å². The molecule has 150 valence electrons. The Labute approximate surface area is 168 Å². The number of benzene rings is 2. The van der Waals surface area contributed by atoms with Crippen LogP contribution in [0.15, 0.2) is 47.0 Å². The van der Waals surface area contributed by atoms with E-state index < -0.39 is 0 Å². The van der Waals surface area contributed by atoms with E-state index in [1.807, 2.05) is 24.3 Å². The predicted molar refractivity (Wildman–Crippen MR) is 109 cm³/mol. The van der Waals surface area contributed by atoms with Crippen LogP contribution in [0, 0.1) is 5.82 Å². The lowest BCUT2D eigenvalue weighted by Crippen LogP contribution is -2.54. The molecule has 5 rings (SSSR count). The van der Waals surface area contributed by atoms with Crippen molar-refractivity contribution in [2.75, 3.05) is 30.0 Å². The molecule has 3 aromatic rings. The summed E-state index contributed by atoms with van der Waals surface area (Å²) in [5.74, 6) is 0.0537. The molecule has 1 fully saturated rings. The number of halogens is 1. The first-order chi connectivity index (χ1) is 14.1. The number of piperidine rings is 1. The fourth-order valence-corrected chi connectivity index (χ4v) is 4.66. The van der Waals surface area contributed by atoms with Crippen molar-refractivity contribution < 1.29 is 13.7 Å². The van der Waals surface area contributed by atoms with Crippen LogP contribution in [0.3, 0.4) is 0 Å². The van der Waals surface area contributed by atoms with Gasteiger partial charge in [0, 0.05) is 24.4 Å². The smallest absolute Gasteiger partial charge is 0.167 e. The Hall–Kier alpha value is -2.93. The molecule has 1 unspecified atom stereocenters. The number of Topliss-reactive ketones (excluding diaryl/α,β-unsaturated/α-hetero) is 1. The van der Waals surface area contributed by atoms with E-state index in [1.54, 1.807) is 13.0 Å². The van der Waals surface area contributed by atoms with E-state index in [1.165, 1.54) is 12.1 Å². The van der Waals surface area contributed by atoms with Gasteiger partial charge in [0.05, 0.1) is 23.7 Å². The molecule has 29 heavy (non-hydrogen) atoms. The van der Waals surface area contributed by atoms with Crippen molar-refractivity contribution in [3.63, 3.8) is 0 Å². The second-order valence-electron chi connectivity index (χ2n) is 7.82. The summed E-state index contributed by atoms with van der Waals surface area (Å²) in [5.41, 5.74) is 3.56. The highest BCUT2D eigenvalue weighted by atomic mass is 19.1. The molecule has 0 bridgehead atoms. The van der Waals surface area contributed by atoms with Crippen LogP contribution in [-0.2, 0) is 4.79 Å². The first-order valence-electron chi connectivity index (χ1n) is 10.0. The van der Waals surface area contributed by atoms with E-state index in [9.17, 15) is 9.18 Å². The number of para-hydroxylation sites is 2. The van der Waals surface area contributed by atoms with E-state index in [-0.39, 0.29) is 23.7 Å². The van der Waals surface area contributed by atoms with Crippen molar-refractivity contribution in [2.45, 2.75) is 31.8 Å². The largest absolute Gasteiger partial charge is 0.366 e. The van der Waals surface area contributed by atoms with E-state index in [2.05, 4.69) is 20.3 Å². The monoisotopic (exact) mass is 394 g/mol. The highest BCUT2D eigenvalue weighted by Gasteiger charge is 2.36. The van der Waals surface area contributed by atoms with Gasteiger partial charge < -0.3 is 14.7 Å². The SMILES string of the molecule is CC(=O)C(N1CCC(c2noc3ccc(F)cc23)CC1)N1CNc2ccccc21. The molecule has 0 saturated carbocycles. The van der Waals surface area contributed by atoms with E-state index in [0.29, 0.717) is 12.3 Å². The maximum Gasteiger partial charge on any atom is 0.167 e. The Balaban J connectivity index is 1.35. The summed E-state index contributed by atoms with van der Waals surface area (Å²) in [5, 5.41) is 8.35. The zero-order valence-corrected chi connectivity index (χ0v) is 16.3. The van der Waals surface area contributed by atoms with Crippen LogP contribution < -0.4 is 10.2 Å². The fraction of sp³-hybridized carbons (Fsp3) is 0.364. The van der Waals surface area contributed by atoms with Gasteiger partial charge in [0.2, 0.25) is 0 Å². The number of hydrogen-bond acceptors (Lipinski definition) is 6. The van der Waals surface area contributed by atoms with Crippen LogP contribution in [0.5, 0.6) is 0 Å². The Bertz CT molecular complexity index is 1060. The number of anilines is 2. The Morgan fingerprint density at radius 1 is 1.24 bits per heavy atom. The number of ketones is 1.